The number of hydrogen-bond acceptors (Lipinski definition) is 4. The fourth-order valence-electron chi connectivity index (χ4n) is 1.91. The lowest BCUT2D eigenvalue weighted by Gasteiger charge is -1.97. The summed E-state index contributed by atoms with van der Waals surface area (Å²) in [5.41, 5.74) is 1.32. The number of rotatable bonds is 5. The molecule has 0 spiro atoms. The van der Waals surface area contributed by atoms with Crippen molar-refractivity contribution in [2.45, 2.75) is 17.7 Å². The molecule has 0 bridgehead atoms. The molecule has 6 heteroatoms. The fourth-order valence-corrected chi connectivity index (χ4v) is 2.74. The van der Waals surface area contributed by atoms with Crippen LogP contribution in [0.5, 0.6) is 0 Å². The molecule has 0 radical (unpaired) electrons. The molecule has 0 saturated carbocycles. The number of sulfone groups is 1. The van der Waals surface area contributed by atoms with Gasteiger partial charge in [-0.05, 0) is 32.1 Å². The summed E-state index contributed by atoms with van der Waals surface area (Å²) in [5, 5.41) is 3.07. The van der Waals surface area contributed by atoms with Gasteiger partial charge in [0.15, 0.2) is 9.84 Å². The molecule has 5 nitrogen and oxygen atoms in total. The smallest absolute Gasteiger partial charge is 0.177 e. The Hall–Kier alpha value is -1.40. The number of aromatic amines is 1. The van der Waals surface area contributed by atoms with Crippen LogP contribution in [0.4, 0.5) is 0 Å². The summed E-state index contributed by atoms with van der Waals surface area (Å²) in [6.07, 6.45) is 2.97. The highest BCUT2D eigenvalue weighted by Gasteiger charge is 2.14. The van der Waals surface area contributed by atoms with E-state index >= 15 is 0 Å². The zero-order chi connectivity index (χ0) is 13.2. The minimum atomic E-state index is -3.24. The largest absolute Gasteiger partial charge is 0.342 e. The Morgan fingerprint density at radius 3 is 2.83 bits per heavy atom. The van der Waals surface area contributed by atoms with Gasteiger partial charge in [-0.15, -0.1) is 0 Å². The highest BCUT2D eigenvalue weighted by atomic mass is 32.2. The van der Waals surface area contributed by atoms with Gasteiger partial charge in [0.2, 0.25) is 0 Å². The monoisotopic (exact) mass is 267 g/mol. The maximum atomic E-state index is 11.7. The molecule has 1 aromatic heterocycles. The van der Waals surface area contributed by atoms with E-state index in [1.165, 1.54) is 6.26 Å². The van der Waals surface area contributed by atoms with Gasteiger partial charge in [-0.1, -0.05) is 6.07 Å². The van der Waals surface area contributed by atoms with Crippen molar-refractivity contribution in [2.75, 3.05) is 19.8 Å². The van der Waals surface area contributed by atoms with Crippen molar-refractivity contribution in [3.05, 3.63) is 24.0 Å². The molecule has 1 aromatic carbocycles. The molecular weight excluding hydrogens is 250 g/mol. The second-order valence-electron chi connectivity index (χ2n) is 4.32. The third-order valence-corrected chi connectivity index (χ3v) is 3.89. The lowest BCUT2D eigenvalue weighted by atomic mass is 10.3. The summed E-state index contributed by atoms with van der Waals surface area (Å²) in [5.74, 6) is 0.830. The third-order valence-electron chi connectivity index (χ3n) is 2.76. The molecule has 0 aliphatic heterocycles. The normalized spacial score (nSPS) is 12.1. The summed E-state index contributed by atoms with van der Waals surface area (Å²) in [7, 11) is -1.33. The van der Waals surface area contributed by atoms with Gasteiger partial charge >= 0.3 is 0 Å². The number of nitrogens with zero attached hydrogens (tertiary/aromatic N) is 1. The number of para-hydroxylation sites is 1. The molecule has 0 atom stereocenters. The van der Waals surface area contributed by atoms with Gasteiger partial charge in [0.1, 0.15) is 11.3 Å². The number of imidazole rings is 1. The Balaban J connectivity index is 2.39. The predicted molar refractivity (Wildman–Crippen MR) is 71.5 cm³/mol. The molecule has 2 aromatic rings. The van der Waals surface area contributed by atoms with Crippen LogP contribution in [0.2, 0.25) is 0 Å². The van der Waals surface area contributed by atoms with Crippen molar-refractivity contribution in [3.63, 3.8) is 0 Å². The average Bonchev–Trinajstić information content (AvgIpc) is 2.70. The Kier molecular flexibility index (Phi) is 3.68. The number of aryl methyl sites for hydroxylation is 1. The first kappa shape index (κ1) is 13.0. The van der Waals surface area contributed by atoms with E-state index in [1.807, 2.05) is 13.1 Å². The fraction of sp³-hybridized carbons (Fsp3) is 0.417. The van der Waals surface area contributed by atoms with E-state index in [-0.39, 0.29) is 4.90 Å². The minimum absolute atomic E-state index is 0.288. The van der Waals surface area contributed by atoms with Crippen LogP contribution in [0.15, 0.2) is 23.1 Å². The standard InChI is InChI=1S/C12H17N3O2S/c1-13-8-4-7-11-14-9-5-3-6-10(12(9)15-11)18(2,16)17/h3,5-6,13H,4,7-8H2,1-2H3,(H,14,15). The van der Waals surface area contributed by atoms with Crippen LogP contribution < -0.4 is 5.32 Å². The van der Waals surface area contributed by atoms with Gasteiger partial charge < -0.3 is 10.3 Å². The quantitative estimate of drug-likeness (QED) is 0.796. The van der Waals surface area contributed by atoms with Crippen LogP contribution >= 0.6 is 0 Å². The molecule has 0 aliphatic carbocycles. The number of hydrogen-bond donors (Lipinski definition) is 2. The van der Waals surface area contributed by atoms with Crippen LogP contribution in [0.25, 0.3) is 11.0 Å². The molecule has 0 unspecified atom stereocenters. The lowest BCUT2D eigenvalue weighted by molar-refractivity contribution is 0.602. The van der Waals surface area contributed by atoms with Gasteiger partial charge in [-0.3, -0.25) is 0 Å². The molecule has 0 fully saturated rings. The zero-order valence-electron chi connectivity index (χ0n) is 10.5. The molecule has 18 heavy (non-hydrogen) atoms. The van der Waals surface area contributed by atoms with E-state index in [1.54, 1.807) is 12.1 Å². The zero-order valence-corrected chi connectivity index (χ0v) is 11.3. The third kappa shape index (κ3) is 2.70. The van der Waals surface area contributed by atoms with E-state index in [9.17, 15) is 8.42 Å². The van der Waals surface area contributed by atoms with Crippen molar-refractivity contribution in [2.24, 2.45) is 0 Å². The highest BCUT2D eigenvalue weighted by Crippen LogP contribution is 2.21. The predicted octanol–water partition coefficient (Wildman–Crippen LogP) is 1.12. The summed E-state index contributed by atoms with van der Waals surface area (Å²) < 4.78 is 23.3. The van der Waals surface area contributed by atoms with Crippen molar-refractivity contribution in [1.29, 1.82) is 0 Å². The minimum Gasteiger partial charge on any atom is -0.342 e. The van der Waals surface area contributed by atoms with Crippen molar-refractivity contribution >= 4 is 20.9 Å². The van der Waals surface area contributed by atoms with Crippen LogP contribution in [-0.2, 0) is 16.3 Å². The first-order valence-corrected chi connectivity index (χ1v) is 7.74. The second-order valence-corrected chi connectivity index (χ2v) is 6.30. The van der Waals surface area contributed by atoms with Gasteiger partial charge in [0.05, 0.1) is 10.4 Å². The lowest BCUT2D eigenvalue weighted by Crippen LogP contribution is -2.08. The number of H-pyrrole nitrogens is 1. The van der Waals surface area contributed by atoms with Gasteiger partial charge in [-0.2, -0.15) is 0 Å². The van der Waals surface area contributed by atoms with Crippen LogP contribution in [0.3, 0.4) is 0 Å². The van der Waals surface area contributed by atoms with Gasteiger partial charge in [-0.25, -0.2) is 13.4 Å². The SMILES string of the molecule is CNCCCc1nc2c(S(C)(=O)=O)cccc2[nH]1. The van der Waals surface area contributed by atoms with Gasteiger partial charge in [0.25, 0.3) is 0 Å². The van der Waals surface area contributed by atoms with E-state index in [0.717, 1.165) is 30.7 Å². The number of aromatic nitrogens is 2. The number of fused-ring (bicyclic) bond motifs is 1. The van der Waals surface area contributed by atoms with Crippen LogP contribution in [0, 0.1) is 0 Å². The summed E-state index contributed by atoms with van der Waals surface area (Å²) in [6, 6.07) is 5.17. The number of benzene rings is 1. The first-order valence-electron chi connectivity index (χ1n) is 5.84. The van der Waals surface area contributed by atoms with Crippen molar-refractivity contribution in [3.8, 4) is 0 Å². The average molecular weight is 267 g/mol. The molecular formula is C12H17N3O2S. The molecule has 2 rings (SSSR count). The molecule has 0 amide bonds. The summed E-state index contributed by atoms with van der Waals surface area (Å²) in [6.45, 7) is 0.913. The van der Waals surface area contributed by atoms with Crippen LogP contribution in [0.1, 0.15) is 12.2 Å². The maximum Gasteiger partial charge on any atom is 0.177 e. The Morgan fingerprint density at radius 1 is 1.39 bits per heavy atom. The van der Waals surface area contributed by atoms with E-state index in [0.29, 0.717) is 5.52 Å². The van der Waals surface area contributed by atoms with Crippen molar-refractivity contribution < 1.29 is 8.42 Å². The molecule has 2 N–H and O–H groups in total. The summed E-state index contributed by atoms with van der Waals surface area (Å²) >= 11 is 0. The van der Waals surface area contributed by atoms with E-state index < -0.39 is 9.84 Å². The Labute approximate surface area is 107 Å². The highest BCUT2D eigenvalue weighted by molar-refractivity contribution is 7.91. The number of nitrogens with one attached hydrogen (secondary N) is 2. The Bertz CT molecular complexity index is 646. The summed E-state index contributed by atoms with van der Waals surface area (Å²) in [4.78, 5) is 7.84. The van der Waals surface area contributed by atoms with E-state index in [4.69, 9.17) is 0 Å². The maximum absolute atomic E-state index is 11.7. The van der Waals surface area contributed by atoms with Gasteiger partial charge in [0, 0.05) is 12.7 Å². The second kappa shape index (κ2) is 5.07. The Morgan fingerprint density at radius 2 is 2.17 bits per heavy atom. The topological polar surface area (TPSA) is 74.8 Å². The molecule has 0 saturated heterocycles. The molecule has 0 aliphatic rings. The van der Waals surface area contributed by atoms with Crippen molar-refractivity contribution in [1.82, 2.24) is 15.3 Å². The molecule has 98 valence electrons. The molecule has 1 heterocycles. The van der Waals surface area contributed by atoms with E-state index in [2.05, 4.69) is 15.3 Å². The first-order chi connectivity index (χ1) is 8.52. The van der Waals surface area contributed by atoms with Crippen LogP contribution in [-0.4, -0.2) is 38.2 Å².